The highest BCUT2D eigenvalue weighted by Gasteiger charge is 2.15. The molecule has 0 saturated heterocycles. The van der Waals surface area contributed by atoms with Gasteiger partial charge in [0.05, 0.1) is 13.2 Å². The third kappa shape index (κ3) is 3.70. The summed E-state index contributed by atoms with van der Waals surface area (Å²) in [4.78, 5) is 12.2. The second-order valence-electron chi connectivity index (χ2n) is 6.10. The number of para-hydroxylation sites is 1. The van der Waals surface area contributed by atoms with Gasteiger partial charge in [-0.05, 0) is 55.5 Å². The van der Waals surface area contributed by atoms with Gasteiger partial charge >= 0.3 is 0 Å². The number of hydrogen-bond donors (Lipinski definition) is 1. The number of hydrogen-bond acceptors (Lipinski definition) is 3. The van der Waals surface area contributed by atoms with Crippen molar-refractivity contribution in [1.82, 2.24) is 5.32 Å². The molecule has 0 spiro atoms. The average molecular weight is 325 g/mol. The van der Waals surface area contributed by atoms with Gasteiger partial charge in [-0.25, -0.2) is 0 Å². The zero-order valence-corrected chi connectivity index (χ0v) is 14.2. The molecule has 126 valence electrons. The van der Waals surface area contributed by atoms with Gasteiger partial charge in [0.25, 0.3) is 5.91 Å². The fourth-order valence-corrected chi connectivity index (χ4v) is 3.17. The molecule has 0 aromatic heterocycles. The Hall–Kier alpha value is -2.49. The van der Waals surface area contributed by atoms with Gasteiger partial charge in [-0.3, -0.25) is 4.79 Å². The molecule has 1 aliphatic rings. The predicted molar refractivity (Wildman–Crippen MR) is 93.5 cm³/mol. The van der Waals surface area contributed by atoms with E-state index in [2.05, 4.69) is 17.4 Å². The van der Waals surface area contributed by atoms with Crippen LogP contribution in [-0.2, 0) is 17.6 Å². The molecule has 3 rings (SSSR count). The molecule has 1 N–H and O–H groups in total. The number of benzene rings is 2. The van der Waals surface area contributed by atoms with Crippen LogP contribution in [0.5, 0.6) is 11.5 Å². The topological polar surface area (TPSA) is 47.6 Å². The van der Waals surface area contributed by atoms with Crippen molar-refractivity contribution in [1.29, 1.82) is 0 Å². The number of fused-ring (bicyclic) bond motifs is 1. The zero-order valence-electron chi connectivity index (χ0n) is 14.2. The fraction of sp³-hybridized carbons (Fsp3) is 0.350. The van der Waals surface area contributed by atoms with E-state index in [1.807, 2.05) is 37.3 Å². The summed E-state index contributed by atoms with van der Waals surface area (Å²) in [5.74, 6) is 1.38. The molecule has 24 heavy (non-hydrogen) atoms. The van der Waals surface area contributed by atoms with E-state index in [1.54, 1.807) is 7.11 Å². The smallest absolute Gasteiger partial charge is 0.258 e. The van der Waals surface area contributed by atoms with Crippen molar-refractivity contribution < 1.29 is 14.3 Å². The Morgan fingerprint density at radius 1 is 1.17 bits per heavy atom. The average Bonchev–Trinajstić information content (AvgIpc) is 3.07. The lowest BCUT2D eigenvalue weighted by atomic mass is 10.1. The summed E-state index contributed by atoms with van der Waals surface area (Å²) in [6.07, 6.45) is 3.45. The highest BCUT2D eigenvalue weighted by Crippen LogP contribution is 2.26. The Bertz CT molecular complexity index is 727. The first-order valence-electron chi connectivity index (χ1n) is 8.34. The van der Waals surface area contributed by atoms with Gasteiger partial charge in [0.1, 0.15) is 11.5 Å². The molecular weight excluding hydrogens is 302 g/mol. The maximum atomic E-state index is 12.2. The van der Waals surface area contributed by atoms with E-state index in [4.69, 9.17) is 9.47 Å². The number of amides is 1. The Kier molecular flexibility index (Phi) is 5.04. The molecule has 4 nitrogen and oxygen atoms in total. The molecule has 0 heterocycles. The SMILES string of the molecule is COc1ccccc1C(C)NC(=O)COc1ccc2c(c1)CCC2. The number of ether oxygens (including phenoxy) is 2. The lowest BCUT2D eigenvalue weighted by molar-refractivity contribution is -0.123. The molecule has 0 radical (unpaired) electrons. The van der Waals surface area contributed by atoms with Gasteiger partial charge in [0.15, 0.2) is 6.61 Å². The van der Waals surface area contributed by atoms with Crippen molar-refractivity contribution >= 4 is 5.91 Å². The van der Waals surface area contributed by atoms with Crippen LogP contribution in [0.4, 0.5) is 0 Å². The fourth-order valence-electron chi connectivity index (χ4n) is 3.17. The van der Waals surface area contributed by atoms with Crippen LogP contribution in [0.1, 0.15) is 36.1 Å². The van der Waals surface area contributed by atoms with Gasteiger partial charge in [-0.1, -0.05) is 24.3 Å². The van der Waals surface area contributed by atoms with Gasteiger partial charge in [-0.2, -0.15) is 0 Å². The van der Waals surface area contributed by atoms with E-state index in [0.717, 1.165) is 29.9 Å². The van der Waals surface area contributed by atoms with Crippen molar-refractivity contribution in [3.63, 3.8) is 0 Å². The minimum Gasteiger partial charge on any atom is -0.496 e. The van der Waals surface area contributed by atoms with Crippen molar-refractivity contribution in [3.05, 3.63) is 59.2 Å². The van der Waals surface area contributed by atoms with Crippen LogP contribution in [0.3, 0.4) is 0 Å². The molecule has 4 heteroatoms. The molecule has 2 aromatic rings. The van der Waals surface area contributed by atoms with Crippen molar-refractivity contribution in [2.24, 2.45) is 0 Å². The number of aryl methyl sites for hydroxylation is 2. The van der Waals surface area contributed by atoms with E-state index in [0.29, 0.717) is 0 Å². The van der Waals surface area contributed by atoms with Crippen molar-refractivity contribution in [3.8, 4) is 11.5 Å². The Labute approximate surface area is 142 Å². The summed E-state index contributed by atoms with van der Waals surface area (Å²) in [7, 11) is 1.63. The highest BCUT2D eigenvalue weighted by molar-refractivity contribution is 5.78. The summed E-state index contributed by atoms with van der Waals surface area (Å²) in [5, 5.41) is 2.95. The zero-order chi connectivity index (χ0) is 16.9. The van der Waals surface area contributed by atoms with E-state index in [9.17, 15) is 4.79 Å². The standard InChI is InChI=1S/C20H23NO3/c1-14(18-8-3-4-9-19(18)23-2)21-20(22)13-24-17-11-10-15-6-5-7-16(15)12-17/h3-4,8-12,14H,5-7,13H2,1-2H3,(H,21,22). The first-order chi connectivity index (χ1) is 11.7. The summed E-state index contributed by atoms with van der Waals surface area (Å²) in [5.41, 5.74) is 3.69. The molecule has 0 saturated carbocycles. The highest BCUT2D eigenvalue weighted by atomic mass is 16.5. The Morgan fingerprint density at radius 2 is 1.96 bits per heavy atom. The summed E-state index contributed by atoms with van der Waals surface area (Å²) >= 11 is 0. The molecule has 0 fully saturated rings. The number of carbonyl (C=O) groups excluding carboxylic acids is 1. The van der Waals surface area contributed by atoms with Crippen LogP contribution in [0, 0.1) is 0 Å². The largest absolute Gasteiger partial charge is 0.496 e. The number of rotatable bonds is 6. The third-order valence-electron chi connectivity index (χ3n) is 4.42. The van der Waals surface area contributed by atoms with Crippen LogP contribution >= 0.6 is 0 Å². The van der Waals surface area contributed by atoms with Crippen molar-refractivity contribution in [2.75, 3.05) is 13.7 Å². The van der Waals surface area contributed by atoms with Gasteiger partial charge in [0, 0.05) is 5.56 Å². The number of methoxy groups -OCH3 is 1. The molecule has 1 aliphatic carbocycles. The Morgan fingerprint density at radius 3 is 2.79 bits per heavy atom. The molecule has 1 atom stereocenters. The number of carbonyl (C=O) groups is 1. The maximum absolute atomic E-state index is 12.2. The van der Waals surface area contributed by atoms with E-state index in [-0.39, 0.29) is 18.6 Å². The Balaban J connectivity index is 1.55. The summed E-state index contributed by atoms with van der Waals surface area (Å²) < 4.78 is 11.0. The maximum Gasteiger partial charge on any atom is 0.258 e. The molecular formula is C20H23NO3. The van der Waals surface area contributed by atoms with Crippen LogP contribution in [-0.4, -0.2) is 19.6 Å². The monoisotopic (exact) mass is 325 g/mol. The third-order valence-corrected chi connectivity index (χ3v) is 4.42. The van der Waals surface area contributed by atoms with Gasteiger partial charge in [-0.15, -0.1) is 0 Å². The number of nitrogens with one attached hydrogen (secondary N) is 1. The first kappa shape index (κ1) is 16.4. The molecule has 0 bridgehead atoms. The summed E-state index contributed by atoms with van der Waals surface area (Å²) in [6.45, 7) is 1.95. The molecule has 1 unspecified atom stereocenters. The van der Waals surface area contributed by atoms with E-state index < -0.39 is 0 Å². The minimum absolute atomic E-state index is 0.0122. The van der Waals surface area contributed by atoms with Crippen LogP contribution in [0.25, 0.3) is 0 Å². The quantitative estimate of drug-likeness (QED) is 0.885. The van der Waals surface area contributed by atoms with E-state index >= 15 is 0 Å². The lowest BCUT2D eigenvalue weighted by Gasteiger charge is -2.17. The van der Waals surface area contributed by atoms with E-state index in [1.165, 1.54) is 17.5 Å². The molecule has 2 aromatic carbocycles. The van der Waals surface area contributed by atoms with Crippen LogP contribution < -0.4 is 14.8 Å². The van der Waals surface area contributed by atoms with Gasteiger partial charge in [0.2, 0.25) is 0 Å². The second-order valence-corrected chi connectivity index (χ2v) is 6.10. The molecule has 1 amide bonds. The second kappa shape index (κ2) is 7.39. The van der Waals surface area contributed by atoms with Crippen LogP contribution in [0.15, 0.2) is 42.5 Å². The first-order valence-corrected chi connectivity index (χ1v) is 8.34. The minimum atomic E-state index is -0.145. The van der Waals surface area contributed by atoms with Crippen molar-refractivity contribution in [2.45, 2.75) is 32.2 Å². The van der Waals surface area contributed by atoms with Crippen LogP contribution in [0.2, 0.25) is 0 Å². The summed E-state index contributed by atoms with van der Waals surface area (Å²) in [6, 6.07) is 13.6. The normalized spacial score (nSPS) is 13.9. The lowest BCUT2D eigenvalue weighted by Crippen LogP contribution is -2.31. The van der Waals surface area contributed by atoms with Gasteiger partial charge < -0.3 is 14.8 Å². The predicted octanol–water partition coefficient (Wildman–Crippen LogP) is 3.44. The molecule has 0 aliphatic heterocycles.